The van der Waals surface area contributed by atoms with Gasteiger partial charge in [0.1, 0.15) is 6.17 Å². The van der Waals surface area contributed by atoms with Gasteiger partial charge in [-0.2, -0.15) is 0 Å². The molecule has 0 fully saturated rings. The first-order valence-corrected chi connectivity index (χ1v) is 6.06. The fourth-order valence-electron chi connectivity index (χ4n) is 1.64. The third kappa shape index (κ3) is 9.97. The van der Waals surface area contributed by atoms with E-state index in [-0.39, 0.29) is 0 Å². The topological polar surface area (TPSA) is 20.2 Å². The normalized spacial score (nSPS) is 13.1. The number of unbranched alkanes of at least 4 members (excludes halogenated alkanes) is 5. The lowest BCUT2D eigenvalue weighted by Gasteiger charge is -2.05. The molecule has 0 aliphatic heterocycles. The molecule has 0 rings (SSSR count). The monoisotopic (exact) mass is 204 g/mol. The highest BCUT2D eigenvalue weighted by atomic mass is 19.1. The van der Waals surface area contributed by atoms with Crippen molar-refractivity contribution in [1.29, 1.82) is 0 Å². The molecule has 0 amide bonds. The summed E-state index contributed by atoms with van der Waals surface area (Å²) in [5.74, 6) is 0. The van der Waals surface area contributed by atoms with Gasteiger partial charge in [0.05, 0.1) is 0 Å². The predicted molar refractivity (Wildman–Crippen MR) is 59.2 cm³/mol. The quantitative estimate of drug-likeness (QED) is 0.536. The Bertz CT molecular complexity index is 106. The highest BCUT2D eigenvalue weighted by Gasteiger charge is 2.03. The first kappa shape index (κ1) is 13.9. The van der Waals surface area contributed by atoms with E-state index in [1.807, 2.05) is 6.92 Å². The average Bonchev–Trinajstić information content (AvgIpc) is 2.17. The minimum absolute atomic E-state index is 0.309. The average molecular weight is 204 g/mol. The van der Waals surface area contributed by atoms with Gasteiger partial charge in [-0.3, -0.25) is 0 Å². The summed E-state index contributed by atoms with van der Waals surface area (Å²) in [6, 6.07) is 0. The first-order chi connectivity index (χ1) is 6.81. The van der Waals surface area contributed by atoms with Crippen molar-refractivity contribution in [2.45, 2.75) is 70.9 Å². The van der Waals surface area contributed by atoms with Crippen LogP contribution in [-0.2, 0) is 0 Å². The first-order valence-electron chi connectivity index (χ1n) is 6.06. The molecule has 14 heavy (non-hydrogen) atoms. The Morgan fingerprint density at radius 1 is 0.929 bits per heavy atom. The molecule has 1 atom stereocenters. The minimum atomic E-state index is -0.572. The van der Waals surface area contributed by atoms with Crippen molar-refractivity contribution in [1.82, 2.24) is 0 Å². The smallest absolute Gasteiger partial charge is 0.100 e. The number of aliphatic hydroxyl groups excluding tert-OH is 1. The van der Waals surface area contributed by atoms with E-state index in [0.717, 1.165) is 44.9 Å². The van der Waals surface area contributed by atoms with Gasteiger partial charge in [0.2, 0.25) is 0 Å². The number of aliphatic hydroxyl groups is 1. The summed E-state index contributed by atoms with van der Waals surface area (Å²) < 4.78 is 13.0. The molecule has 86 valence electrons. The Kier molecular flexibility index (Phi) is 10.9. The van der Waals surface area contributed by atoms with E-state index in [1.165, 1.54) is 12.8 Å². The van der Waals surface area contributed by atoms with Crippen molar-refractivity contribution in [3.63, 3.8) is 0 Å². The largest absolute Gasteiger partial charge is 0.396 e. The molecule has 0 heterocycles. The Labute approximate surface area is 87.7 Å². The zero-order chi connectivity index (χ0) is 10.6. The van der Waals surface area contributed by atoms with Crippen LogP contribution in [0.15, 0.2) is 0 Å². The van der Waals surface area contributed by atoms with Crippen LogP contribution in [-0.4, -0.2) is 17.9 Å². The highest BCUT2D eigenvalue weighted by Crippen LogP contribution is 2.13. The lowest BCUT2D eigenvalue weighted by atomic mass is 10.1. The van der Waals surface area contributed by atoms with Crippen LogP contribution in [0.5, 0.6) is 0 Å². The van der Waals surface area contributed by atoms with Crippen molar-refractivity contribution in [3.05, 3.63) is 0 Å². The van der Waals surface area contributed by atoms with E-state index < -0.39 is 6.17 Å². The molecule has 0 aromatic rings. The number of rotatable bonds is 10. The maximum atomic E-state index is 13.0. The summed E-state index contributed by atoms with van der Waals surface area (Å²) in [6.07, 6.45) is 8.44. The molecule has 1 N–H and O–H groups in total. The van der Waals surface area contributed by atoms with Crippen molar-refractivity contribution >= 4 is 0 Å². The SMILES string of the molecule is CCCC(F)CCCCCCCCO. The number of hydrogen-bond donors (Lipinski definition) is 1. The fourth-order valence-corrected chi connectivity index (χ4v) is 1.64. The van der Waals surface area contributed by atoms with Crippen LogP contribution in [0.1, 0.15) is 64.7 Å². The second kappa shape index (κ2) is 11.0. The molecule has 0 aliphatic rings. The number of hydrogen-bond acceptors (Lipinski definition) is 1. The van der Waals surface area contributed by atoms with Crippen LogP contribution in [0.4, 0.5) is 4.39 Å². The molecular formula is C12H25FO. The van der Waals surface area contributed by atoms with Crippen molar-refractivity contribution in [2.24, 2.45) is 0 Å². The van der Waals surface area contributed by atoms with E-state index in [1.54, 1.807) is 0 Å². The second-order valence-electron chi connectivity index (χ2n) is 4.02. The third-order valence-corrected chi connectivity index (χ3v) is 2.53. The van der Waals surface area contributed by atoms with Crippen LogP contribution in [0, 0.1) is 0 Å². The standard InChI is InChI=1S/C12H25FO/c1-2-9-12(13)10-7-5-3-4-6-8-11-14/h12,14H,2-11H2,1H3. The molecule has 0 aliphatic carbocycles. The molecular weight excluding hydrogens is 179 g/mol. The van der Waals surface area contributed by atoms with Crippen LogP contribution >= 0.6 is 0 Å². The Hall–Kier alpha value is -0.110. The van der Waals surface area contributed by atoms with E-state index in [4.69, 9.17) is 5.11 Å². The predicted octanol–water partition coefficient (Wildman–Crippen LogP) is 3.85. The number of alkyl halides is 1. The molecule has 0 radical (unpaired) electrons. The summed E-state index contributed by atoms with van der Waals surface area (Å²) >= 11 is 0. The minimum Gasteiger partial charge on any atom is -0.396 e. The van der Waals surface area contributed by atoms with Gasteiger partial charge < -0.3 is 5.11 Å². The van der Waals surface area contributed by atoms with E-state index in [2.05, 4.69) is 0 Å². The molecule has 1 unspecified atom stereocenters. The van der Waals surface area contributed by atoms with Gasteiger partial charge in [-0.05, 0) is 19.3 Å². The van der Waals surface area contributed by atoms with Gasteiger partial charge in [0, 0.05) is 6.61 Å². The molecule has 0 aromatic heterocycles. The van der Waals surface area contributed by atoms with Crippen LogP contribution in [0.2, 0.25) is 0 Å². The van der Waals surface area contributed by atoms with E-state index in [9.17, 15) is 4.39 Å². The fraction of sp³-hybridized carbons (Fsp3) is 1.00. The van der Waals surface area contributed by atoms with Crippen molar-refractivity contribution in [2.75, 3.05) is 6.61 Å². The van der Waals surface area contributed by atoms with Gasteiger partial charge in [-0.25, -0.2) is 4.39 Å². The molecule has 0 aromatic carbocycles. The summed E-state index contributed by atoms with van der Waals surface area (Å²) in [4.78, 5) is 0. The maximum Gasteiger partial charge on any atom is 0.100 e. The van der Waals surface area contributed by atoms with Gasteiger partial charge in [0.15, 0.2) is 0 Å². The lowest BCUT2D eigenvalue weighted by Crippen LogP contribution is -1.98. The van der Waals surface area contributed by atoms with Gasteiger partial charge in [-0.15, -0.1) is 0 Å². The zero-order valence-electron chi connectivity index (χ0n) is 9.47. The third-order valence-electron chi connectivity index (χ3n) is 2.53. The highest BCUT2D eigenvalue weighted by molar-refractivity contribution is 4.55. The van der Waals surface area contributed by atoms with Crippen molar-refractivity contribution in [3.8, 4) is 0 Å². The van der Waals surface area contributed by atoms with Crippen LogP contribution in [0.3, 0.4) is 0 Å². The van der Waals surface area contributed by atoms with Gasteiger partial charge in [0.25, 0.3) is 0 Å². The Morgan fingerprint density at radius 3 is 2.07 bits per heavy atom. The summed E-state index contributed by atoms with van der Waals surface area (Å²) in [7, 11) is 0. The molecule has 0 saturated carbocycles. The molecule has 1 nitrogen and oxygen atoms in total. The van der Waals surface area contributed by atoms with Gasteiger partial charge >= 0.3 is 0 Å². The van der Waals surface area contributed by atoms with E-state index >= 15 is 0 Å². The summed E-state index contributed by atoms with van der Waals surface area (Å²) in [5.41, 5.74) is 0. The summed E-state index contributed by atoms with van der Waals surface area (Å²) in [5, 5.41) is 8.55. The van der Waals surface area contributed by atoms with E-state index in [0.29, 0.717) is 6.61 Å². The lowest BCUT2D eigenvalue weighted by molar-refractivity contribution is 0.278. The van der Waals surface area contributed by atoms with Crippen LogP contribution < -0.4 is 0 Å². The number of halogens is 1. The summed E-state index contributed by atoms with van der Waals surface area (Å²) in [6.45, 7) is 2.34. The Balaban J connectivity index is 2.98. The zero-order valence-corrected chi connectivity index (χ0v) is 9.47. The van der Waals surface area contributed by atoms with Gasteiger partial charge in [-0.1, -0.05) is 45.4 Å². The molecule has 0 saturated heterocycles. The second-order valence-corrected chi connectivity index (χ2v) is 4.02. The Morgan fingerprint density at radius 2 is 1.50 bits per heavy atom. The van der Waals surface area contributed by atoms with Crippen LogP contribution in [0.25, 0.3) is 0 Å². The van der Waals surface area contributed by atoms with Crippen molar-refractivity contribution < 1.29 is 9.50 Å². The molecule has 0 bridgehead atoms. The molecule has 0 spiro atoms. The maximum absolute atomic E-state index is 13.0. The molecule has 2 heteroatoms.